The van der Waals surface area contributed by atoms with Crippen molar-refractivity contribution < 1.29 is 4.42 Å². The van der Waals surface area contributed by atoms with Gasteiger partial charge in [-0.15, -0.1) is 10.2 Å². The first-order chi connectivity index (χ1) is 12.8. The monoisotopic (exact) mass is 344 g/mol. The number of fused-ring (bicyclic) bond motifs is 1. The van der Waals surface area contributed by atoms with Gasteiger partial charge in [-0.2, -0.15) is 5.26 Å². The smallest absolute Gasteiger partial charge is 0.248 e. The molecule has 2 aliphatic rings. The van der Waals surface area contributed by atoms with Gasteiger partial charge in [0.2, 0.25) is 11.8 Å². The average Bonchev–Trinajstić information content (AvgIpc) is 3.17. The zero-order chi connectivity index (χ0) is 17.5. The van der Waals surface area contributed by atoms with E-state index in [4.69, 9.17) is 4.42 Å². The molecule has 0 amide bonds. The van der Waals surface area contributed by atoms with Crippen molar-refractivity contribution in [2.45, 2.75) is 18.9 Å². The van der Waals surface area contributed by atoms with Crippen LogP contribution in [0.4, 0.5) is 17.1 Å². The van der Waals surface area contributed by atoms with Crippen LogP contribution in [-0.4, -0.2) is 22.9 Å². The van der Waals surface area contributed by atoms with E-state index >= 15 is 0 Å². The summed E-state index contributed by atoms with van der Waals surface area (Å²) in [5, 5.41) is 27.6. The molecule has 2 heterocycles. The molecule has 0 atom stereocenters. The standard InChI is InChI=1S/C19H16N6O/c20-9-13-7-11(1-5-15(13)23-14-3-4-14)18-24-25-19(26-18)12-2-6-16-17(8-12)22-10-21-16/h1-2,5-8,14,21-23H,3-4,10H2. The number of anilines is 3. The molecule has 128 valence electrons. The maximum absolute atomic E-state index is 9.43. The van der Waals surface area contributed by atoms with Gasteiger partial charge in [0.05, 0.1) is 29.3 Å². The van der Waals surface area contributed by atoms with Crippen LogP contribution in [0.25, 0.3) is 22.9 Å². The van der Waals surface area contributed by atoms with Crippen LogP contribution in [0.1, 0.15) is 18.4 Å². The summed E-state index contributed by atoms with van der Waals surface area (Å²) in [6.07, 6.45) is 2.32. The summed E-state index contributed by atoms with van der Waals surface area (Å²) in [7, 11) is 0. The SMILES string of the molecule is N#Cc1cc(-c2nnc(-c3ccc4c(c3)NCN4)o2)ccc1NC1CC1. The van der Waals surface area contributed by atoms with Gasteiger partial charge in [-0.25, -0.2) is 0 Å². The van der Waals surface area contributed by atoms with Crippen LogP contribution >= 0.6 is 0 Å². The molecule has 3 N–H and O–H groups in total. The van der Waals surface area contributed by atoms with Gasteiger partial charge in [-0.1, -0.05) is 0 Å². The molecule has 1 fully saturated rings. The minimum absolute atomic E-state index is 0.404. The Morgan fingerprint density at radius 2 is 1.73 bits per heavy atom. The van der Waals surface area contributed by atoms with Crippen molar-refractivity contribution in [2.24, 2.45) is 0 Å². The molecule has 3 aromatic rings. The molecule has 0 unspecified atom stereocenters. The minimum Gasteiger partial charge on any atom is -0.416 e. The van der Waals surface area contributed by atoms with Gasteiger partial charge in [-0.3, -0.25) is 0 Å². The first-order valence-corrected chi connectivity index (χ1v) is 8.57. The van der Waals surface area contributed by atoms with E-state index in [2.05, 4.69) is 32.2 Å². The van der Waals surface area contributed by atoms with Crippen LogP contribution in [0.2, 0.25) is 0 Å². The highest BCUT2D eigenvalue weighted by molar-refractivity contribution is 5.78. The van der Waals surface area contributed by atoms with E-state index in [-0.39, 0.29) is 0 Å². The molecule has 7 nitrogen and oxygen atoms in total. The normalized spacial score (nSPS) is 14.9. The highest BCUT2D eigenvalue weighted by Crippen LogP contribution is 2.33. The Kier molecular flexibility index (Phi) is 3.28. The van der Waals surface area contributed by atoms with Crippen LogP contribution in [0, 0.1) is 11.3 Å². The molecule has 1 saturated carbocycles. The third-order valence-corrected chi connectivity index (χ3v) is 4.57. The summed E-state index contributed by atoms with van der Waals surface area (Å²) in [4.78, 5) is 0. The topological polar surface area (TPSA) is 98.8 Å². The Morgan fingerprint density at radius 1 is 1.00 bits per heavy atom. The number of nitrogens with one attached hydrogen (secondary N) is 3. The molecule has 1 aliphatic heterocycles. The van der Waals surface area contributed by atoms with Crippen LogP contribution in [-0.2, 0) is 0 Å². The van der Waals surface area contributed by atoms with E-state index in [0.29, 0.717) is 30.1 Å². The van der Waals surface area contributed by atoms with Gasteiger partial charge in [0.15, 0.2) is 0 Å². The van der Waals surface area contributed by atoms with Gasteiger partial charge in [0, 0.05) is 17.2 Å². The van der Waals surface area contributed by atoms with Crippen molar-refractivity contribution in [1.29, 1.82) is 5.26 Å². The Morgan fingerprint density at radius 3 is 2.50 bits per heavy atom. The molecule has 5 rings (SSSR count). The second-order valence-corrected chi connectivity index (χ2v) is 6.49. The molecule has 0 bridgehead atoms. The first-order valence-electron chi connectivity index (χ1n) is 8.57. The zero-order valence-corrected chi connectivity index (χ0v) is 13.9. The molecule has 0 radical (unpaired) electrons. The number of aromatic nitrogens is 2. The van der Waals surface area contributed by atoms with Crippen molar-refractivity contribution in [3.8, 4) is 29.0 Å². The fourth-order valence-corrected chi connectivity index (χ4v) is 3.01. The van der Waals surface area contributed by atoms with Gasteiger partial charge in [-0.05, 0) is 49.2 Å². The quantitative estimate of drug-likeness (QED) is 0.664. The maximum Gasteiger partial charge on any atom is 0.248 e. The van der Waals surface area contributed by atoms with E-state index in [0.717, 1.165) is 41.0 Å². The Bertz CT molecular complexity index is 1030. The summed E-state index contributed by atoms with van der Waals surface area (Å²) < 4.78 is 5.85. The molecule has 1 aliphatic carbocycles. The van der Waals surface area contributed by atoms with E-state index in [1.807, 2.05) is 30.3 Å². The van der Waals surface area contributed by atoms with Gasteiger partial charge < -0.3 is 20.4 Å². The Labute approximate surface area is 150 Å². The molecule has 2 aromatic carbocycles. The van der Waals surface area contributed by atoms with Crippen LogP contribution in [0.3, 0.4) is 0 Å². The summed E-state index contributed by atoms with van der Waals surface area (Å²) >= 11 is 0. The van der Waals surface area contributed by atoms with Gasteiger partial charge >= 0.3 is 0 Å². The summed E-state index contributed by atoms with van der Waals surface area (Å²) in [5.74, 6) is 0.858. The lowest BCUT2D eigenvalue weighted by Crippen LogP contribution is -2.02. The minimum atomic E-state index is 0.404. The van der Waals surface area contributed by atoms with Crippen LogP contribution < -0.4 is 16.0 Å². The number of rotatable bonds is 4. The van der Waals surface area contributed by atoms with Crippen LogP contribution in [0.5, 0.6) is 0 Å². The molecule has 0 spiro atoms. The van der Waals surface area contributed by atoms with Crippen molar-refractivity contribution in [1.82, 2.24) is 10.2 Å². The third-order valence-electron chi connectivity index (χ3n) is 4.57. The zero-order valence-electron chi connectivity index (χ0n) is 13.9. The van der Waals surface area contributed by atoms with E-state index < -0.39 is 0 Å². The van der Waals surface area contributed by atoms with Crippen LogP contribution in [0.15, 0.2) is 40.8 Å². The first kappa shape index (κ1) is 14.8. The lowest BCUT2D eigenvalue weighted by molar-refractivity contribution is 0.584. The Balaban J connectivity index is 1.45. The largest absolute Gasteiger partial charge is 0.416 e. The van der Waals surface area contributed by atoms with E-state index in [1.165, 1.54) is 0 Å². The lowest BCUT2D eigenvalue weighted by Gasteiger charge is -2.07. The second kappa shape index (κ2) is 5.77. The summed E-state index contributed by atoms with van der Waals surface area (Å²) in [6.45, 7) is 0.714. The van der Waals surface area contributed by atoms with Crippen molar-refractivity contribution in [3.05, 3.63) is 42.0 Å². The second-order valence-electron chi connectivity index (χ2n) is 6.49. The lowest BCUT2D eigenvalue weighted by atomic mass is 10.1. The summed E-state index contributed by atoms with van der Waals surface area (Å²) in [5.41, 5.74) is 5.11. The van der Waals surface area contributed by atoms with Gasteiger partial charge in [0.1, 0.15) is 6.07 Å². The highest BCUT2D eigenvalue weighted by Gasteiger charge is 2.22. The molecule has 1 aromatic heterocycles. The fourth-order valence-electron chi connectivity index (χ4n) is 3.01. The Hall–Kier alpha value is -3.53. The molecule has 7 heteroatoms. The maximum atomic E-state index is 9.43. The number of benzene rings is 2. The third kappa shape index (κ3) is 2.62. The molecule has 0 saturated heterocycles. The highest BCUT2D eigenvalue weighted by atomic mass is 16.4. The number of nitrogens with zero attached hydrogens (tertiary/aromatic N) is 3. The molecular weight excluding hydrogens is 328 g/mol. The van der Waals surface area contributed by atoms with E-state index in [9.17, 15) is 5.26 Å². The van der Waals surface area contributed by atoms with Crippen molar-refractivity contribution in [2.75, 3.05) is 22.6 Å². The number of nitriles is 1. The molecular formula is C19H16N6O. The average molecular weight is 344 g/mol. The number of hydrogen-bond acceptors (Lipinski definition) is 7. The van der Waals surface area contributed by atoms with Crippen molar-refractivity contribution in [3.63, 3.8) is 0 Å². The van der Waals surface area contributed by atoms with E-state index in [1.54, 1.807) is 6.07 Å². The van der Waals surface area contributed by atoms with Crippen molar-refractivity contribution >= 4 is 17.1 Å². The predicted molar refractivity (Wildman–Crippen MR) is 98.6 cm³/mol. The predicted octanol–water partition coefficient (Wildman–Crippen LogP) is 3.64. The molecule has 26 heavy (non-hydrogen) atoms. The fraction of sp³-hybridized carbons (Fsp3) is 0.211. The number of hydrogen-bond donors (Lipinski definition) is 3. The van der Waals surface area contributed by atoms with Gasteiger partial charge in [0.25, 0.3) is 0 Å². The summed E-state index contributed by atoms with van der Waals surface area (Å²) in [6, 6.07) is 14.2.